The van der Waals surface area contributed by atoms with Crippen LogP contribution in [0.3, 0.4) is 0 Å². The molecule has 2 amide bonds. The number of nitrogens with zero attached hydrogens (tertiary/aromatic N) is 1. The van der Waals surface area contributed by atoms with Gasteiger partial charge in [-0.3, -0.25) is 0 Å². The molecular formula is C27H37N3O3S. The number of carbonyl (C=O) groups excluding carboxylic acids is 1. The van der Waals surface area contributed by atoms with Gasteiger partial charge >= 0.3 is 6.03 Å². The molecule has 184 valence electrons. The van der Waals surface area contributed by atoms with E-state index in [-0.39, 0.29) is 11.6 Å². The summed E-state index contributed by atoms with van der Waals surface area (Å²) in [6, 6.07) is 14.9. The van der Waals surface area contributed by atoms with E-state index in [1.165, 1.54) is 6.26 Å². The van der Waals surface area contributed by atoms with E-state index < -0.39 is 15.4 Å². The molecule has 2 aromatic carbocycles. The zero-order valence-electron chi connectivity index (χ0n) is 20.7. The lowest BCUT2D eigenvalue weighted by molar-refractivity contribution is 0.00685. The molecule has 5 rings (SSSR count). The van der Waals surface area contributed by atoms with Crippen LogP contribution in [0.1, 0.15) is 52.0 Å². The Bertz CT molecular complexity index is 1120. The fourth-order valence-corrected chi connectivity index (χ4v) is 6.32. The highest BCUT2D eigenvalue weighted by Crippen LogP contribution is 2.38. The molecule has 0 aliphatic carbocycles. The number of urea groups is 1. The third-order valence-corrected chi connectivity index (χ3v) is 8.71. The first kappa shape index (κ1) is 24.7. The maximum absolute atomic E-state index is 13.2. The van der Waals surface area contributed by atoms with Gasteiger partial charge in [0.2, 0.25) is 0 Å². The highest BCUT2D eigenvalue weighted by atomic mass is 32.2. The van der Waals surface area contributed by atoms with Gasteiger partial charge in [0, 0.05) is 12.8 Å². The normalized spacial score (nSPS) is 24.6. The molecule has 3 aliphatic rings. The number of hydrogen-bond donors (Lipinski definition) is 2. The van der Waals surface area contributed by atoms with Crippen LogP contribution >= 0.6 is 0 Å². The summed E-state index contributed by atoms with van der Waals surface area (Å²) < 4.78 is 23.4. The maximum atomic E-state index is 13.2. The molecule has 34 heavy (non-hydrogen) atoms. The highest BCUT2D eigenvalue weighted by molar-refractivity contribution is 7.90. The standard InChI is InChI=1S/C27H37N3O3S/c1-5-16-27(19-30-17-14-23(27)15-18-30)29-25(31)28-26(2,3)22-10-6-20(7-11-22)21-8-12-24(13-9-21)34(4,32)33/h6-13,23H,5,14-19H2,1-4H3,(H2,28,29,31). The van der Waals surface area contributed by atoms with Crippen molar-refractivity contribution in [2.24, 2.45) is 5.92 Å². The van der Waals surface area contributed by atoms with Gasteiger partial charge in [0.15, 0.2) is 9.84 Å². The molecule has 6 nitrogen and oxygen atoms in total. The largest absolute Gasteiger partial charge is 0.331 e. The van der Waals surface area contributed by atoms with Crippen molar-refractivity contribution in [1.82, 2.24) is 15.5 Å². The first-order chi connectivity index (χ1) is 16.0. The summed E-state index contributed by atoms with van der Waals surface area (Å²) in [5.41, 5.74) is 2.29. The van der Waals surface area contributed by atoms with Crippen molar-refractivity contribution in [1.29, 1.82) is 0 Å². The number of amides is 2. The van der Waals surface area contributed by atoms with E-state index in [0.29, 0.717) is 10.8 Å². The van der Waals surface area contributed by atoms with Gasteiger partial charge in [0.25, 0.3) is 0 Å². The van der Waals surface area contributed by atoms with Crippen molar-refractivity contribution in [2.45, 2.75) is 62.4 Å². The topological polar surface area (TPSA) is 78.5 Å². The van der Waals surface area contributed by atoms with Crippen molar-refractivity contribution in [2.75, 3.05) is 25.9 Å². The van der Waals surface area contributed by atoms with Crippen molar-refractivity contribution in [3.05, 3.63) is 54.1 Å². The molecule has 0 saturated carbocycles. The van der Waals surface area contributed by atoms with E-state index in [9.17, 15) is 13.2 Å². The maximum Gasteiger partial charge on any atom is 0.315 e. The Hall–Kier alpha value is -2.38. The molecule has 3 heterocycles. The van der Waals surface area contributed by atoms with Gasteiger partial charge in [-0.25, -0.2) is 13.2 Å². The smallest absolute Gasteiger partial charge is 0.315 e. The molecule has 0 aromatic heterocycles. The molecule has 1 unspecified atom stereocenters. The van der Waals surface area contributed by atoms with Crippen LogP contribution in [0.2, 0.25) is 0 Å². The van der Waals surface area contributed by atoms with Crippen LogP contribution in [0.4, 0.5) is 4.79 Å². The van der Waals surface area contributed by atoms with E-state index in [4.69, 9.17) is 0 Å². The zero-order chi connectivity index (χ0) is 24.6. The van der Waals surface area contributed by atoms with Crippen molar-refractivity contribution in [3.63, 3.8) is 0 Å². The van der Waals surface area contributed by atoms with Crippen LogP contribution in [-0.4, -0.2) is 50.8 Å². The fraction of sp³-hybridized carbons (Fsp3) is 0.519. The van der Waals surface area contributed by atoms with Gasteiger partial charge in [-0.2, -0.15) is 0 Å². The van der Waals surface area contributed by atoms with Crippen LogP contribution < -0.4 is 10.6 Å². The first-order valence-corrected chi connectivity index (χ1v) is 14.2. The lowest BCUT2D eigenvalue weighted by atomic mass is 9.70. The minimum atomic E-state index is -3.21. The predicted octanol–water partition coefficient (Wildman–Crippen LogP) is 4.56. The minimum absolute atomic E-state index is 0.104. The van der Waals surface area contributed by atoms with E-state index in [1.807, 2.05) is 50.2 Å². The molecule has 2 N–H and O–H groups in total. The third-order valence-electron chi connectivity index (χ3n) is 7.58. The summed E-state index contributed by atoms with van der Waals surface area (Å²) in [6.07, 6.45) is 5.60. The molecule has 0 radical (unpaired) electrons. The molecular weight excluding hydrogens is 446 g/mol. The van der Waals surface area contributed by atoms with Crippen LogP contribution in [0.25, 0.3) is 11.1 Å². The Morgan fingerprint density at radius 2 is 1.59 bits per heavy atom. The molecule has 3 fully saturated rings. The molecule has 2 bridgehead atoms. The average molecular weight is 484 g/mol. The van der Waals surface area contributed by atoms with Crippen LogP contribution in [0.15, 0.2) is 53.4 Å². The fourth-order valence-electron chi connectivity index (χ4n) is 5.69. The lowest BCUT2D eigenvalue weighted by Crippen LogP contribution is -2.68. The SMILES string of the molecule is CCCC1(NC(=O)NC(C)(C)c2ccc(-c3ccc(S(C)(=O)=O)cc3)cc2)CN2CCC1CC2. The number of hydrogen-bond acceptors (Lipinski definition) is 4. The molecule has 3 saturated heterocycles. The summed E-state index contributed by atoms with van der Waals surface area (Å²) in [5, 5.41) is 6.62. The van der Waals surface area contributed by atoms with Crippen molar-refractivity contribution < 1.29 is 13.2 Å². The number of rotatable bonds is 7. The quantitative estimate of drug-likeness (QED) is 0.605. The Labute approximate surface area is 204 Å². The summed E-state index contributed by atoms with van der Waals surface area (Å²) >= 11 is 0. The van der Waals surface area contributed by atoms with Crippen molar-refractivity contribution in [3.8, 4) is 11.1 Å². The number of piperidine rings is 3. The molecule has 7 heteroatoms. The van der Waals surface area contributed by atoms with E-state index >= 15 is 0 Å². The third kappa shape index (κ3) is 5.15. The Balaban J connectivity index is 1.45. The van der Waals surface area contributed by atoms with Crippen LogP contribution in [0, 0.1) is 5.92 Å². The predicted molar refractivity (Wildman–Crippen MR) is 136 cm³/mol. The first-order valence-electron chi connectivity index (χ1n) is 12.3. The zero-order valence-corrected chi connectivity index (χ0v) is 21.5. The monoisotopic (exact) mass is 483 g/mol. The second-order valence-corrected chi connectivity index (χ2v) is 12.6. The number of fused-ring (bicyclic) bond motifs is 3. The second kappa shape index (κ2) is 9.34. The van der Waals surface area contributed by atoms with Gasteiger partial charge in [-0.1, -0.05) is 49.7 Å². The average Bonchev–Trinajstić information content (AvgIpc) is 2.79. The molecule has 3 aliphatic heterocycles. The van der Waals surface area contributed by atoms with Crippen LogP contribution in [-0.2, 0) is 15.4 Å². The summed E-state index contributed by atoms with van der Waals surface area (Å²) in [5.74, 6) is 0.555. The summed E-state index contributed by atoms with van der Waals surface area (Å²) in [7, 11) is -3.21. The summed E-state index contributed by atoms with van der Waals surface area (Å²) in [6.45, 7) is 9.48. The van der Waals surface area contributed by atoms with E-state index in [2.05, 4.69) is 22.5 Å². The van der Waals surface area contributed by atoms with Gasteiger partial charge in [0.05, 0.1) is 16.0 Å². The molecule has 2 aromatic rings. The Morgan fingerprint density at radius 1 is 1.03 bits per heavy atom. The number of sulfone groups is 1. The van der Waals surface area contributed by atoms with Crippen LogP contribution in [0.5, 0.6) is 0 Å². The van der Waals surface area contributed by atoms with Gasteiger partial charge < -0.3 is 15.5 Å². The number of benzene rings is 2. The second-order valence-electron chi connectivity index (χ2n) is 10.5. The van der Waals surface area contributed by atoms with Gasteiger partial charge in [-0.15, -0.1) is 0 Å². The Kier molecular flexibility index (Phi) is 6.80. The Morgan fingerprint density at radius 3 is 2.06 bits per heavy atom. The summed E-state index contributed by atoms with van der Waals surface area (Å²) in [4.78, 5) is 16.0. The number of carbonyl (C=O) groups is 1. The molecule has 1 atom stereocenters. The van der Waals surface area contributed by atoms with E-state index in [1.54, 1.807) is 12.1 Å². The van der Waals surface area contributed by atoms with Crippen molar-refractivity contribution >= 4 is 15.9 Å². The highest BCUT2D eigenvalue weighted by Gasteiger charge is 2.47. The minimum Gasteiger partial charge on any atom is -0.331 e. The van der Waals surface area contributed by atoms with Gasteiger partial charge in [0.1, 0.15) is 0 Å². The van der Waals surface area contributed by atoms with E-state index in [0.717, 1.165) is 62.0 Å². The molecule has 0 spiro atoms. The lowest BCUT2D eigenvalue weighted by Gasteiger charge is -2.54. The number of nitrogens with one attached hydrogen (secondary N) is 2. The van der Waals surface area contributed by atoms with Gasteiger partial charge in [-0.05, 0) is 80.9 Å².